The van der Waals surface area contributed by atoms with E-state index < -0.39 is 5.54 Å². The molecule has 0 unspecified atom stereocenters. The van der Waals surface area contributed by atoms with Crippen molar-refractivity contribution < 1.29 is 9.18 Å². The van der Waals surface area contributed by atoms with Gasteiger partial charge in [-0.05, 0) is 45.0 Å². The first kappa shape index (κ1) is 17.3. The summed E-state index contributed by atoms with van der Waals surface area (Å²) >= 11 is 0. The van der Waals surface area contributed by atoms with Crippen LogP contribution in [-0.4, -0.2) is 25.2 Å². The van der Waals surface area contributed by atoms with Gasteiger partial charge >= 0.3 is 0 Å². The minimum atomic E-state index is -0.621. The number of hydrogen-bond acceptors (Lipinski definition) is 4. The second-order valence-electron chi connectivity index (χ2n) is 7.32. The zero-order chi connectivity index (χ0) is 19.3. The van der Waals surface area contributed by atoms with Crippen LogP contribution >= 0.6 is 0 Å². The Hall–Kier alpha value is -3.16. The summed E-state index contributed by atoms with van der Waals surface area (Å²) in [7, 11) is 1.86. The van der Waals surface area contributed by atoms with Crippen LogP contribution in [0.15, 0.2) is 30.3 Å². The van der Waals surface area contributed by atoms with Crippen molar-refractivity contribution in [2.75, 3.05) is 5.32 Å². The number of nitrogens with zero attached hydrogens (tertiary/aromatic N) is 4. The third kappa shape index (κ3) is 2.97. The molecule has 2 N–H and O–H groups in total. The van der Waals surface area contributed by atoms with Crippen LogP contribution in [0.1, 0.15) is 25.4 Å². The summed E-state index contributed by atoms with van der Waals surface area (Å²) in [5.41, 5.74) is 1.79. The molecule has 7 nitrogen and oxygen atoms in total. The first-order chi connectivity index (χ1) is 12.7. The van der Waals surface area contributed by atoms with Gasteiger partial charge in [0.2, 0.25) is 5.91 Å². The van der Waals surface area contributed by atoms with Crippen molar-refractivity contribution in [2.24, 2.45) is 7.05 Å². The van der Waals surface area contributed by atoms with Crippen LogP contribution in [0.4, 0.5) is 16.0 Å². The molecule has 0 spiro atoms. The molecule has 2 aromatic heterocycles. The zero-order valence-electron chi connectivity index (χ0n) is 15.7. The zero-order valence-corrected chi connectivity index (χ0v) is 15.7. The van der Waals surface area contributed by atoms with Crippen LogP contribution in [0.25, 0.3) is 11.3 Å². The van der Waals surface area contributed by atoms with Gasteiger partial charge in [0.05, 0.1) is 5.54 Å². The molecule has 4 rings (SSSR count). The highest BCUT2D eigenvalue weighted by Crippen LogP contribution is 2.36. The van der Waals surface area contributed by atoms with E-state index in [0.29, 0.717) is 17.3 Å². The summed E-state index contributed by atoms with van der Waals surface area (Å²) in [6.07, 6.45) is 0. The molecule has 8 heteroatoms. The average Bonchev–Trinajstić information content (AvgIpc) is 3.09. The Morgan fingerprint density at radius 2 is 1.96 bits per heavy atom. The number of halogens is 1. The van der Waals surface area contributed by atoms with E-state index in [-0.39, 0.29) is 18.3 Å². The number of rotatable bonds is 3. The minimum Gasteiger partial charge on any atom is -0.342 e. The van der Waals surface area contributed by atoms with Gasteiger partial charge in [-0.3, -0.25) is 9.48 Å². The first-order valence-electron chi connectivity index (χ1n) is 8.70. The van der Waals surface area contributed by atoms with Crippen LogP contribution in [0.2, 0.25) is 0 Å². The highest BCUT2D eigenvalue weighted by molar-refractivity contribution is 5.82. The van der Waals surface area contributed by atoms with E-state index in [4.69, 9.17) is 4.98 Å². The molecule has 0 saturated carbocycles. The maximum atomic E-state index is 13.4. The second kappa shape index (κ2) is 5.94. The fourth-order valence-electron chi connectivity index (χ4n) is 3.35. The standard InChI is InChI=1S/C19H21FN6O/c1-11-9-14(24-25(11)4)21-17-16(12-5-7-13(20)8-6-12)22-18-19(2,3)23-15(27)10-26(17)18/h5-9H,10H2,1-4H3,(H,21,24)(H,23,27). The van der Waals surface area contributed by atoms with Gasteiger partial charge in [0.25, 0.3) is 0 Å². The number of aromatic nitrogens is 4. The van der Waals surface area contributed by atoms with Crippen molar-refractivity contribution in [3.8, 4) is 11.3 Å². The Morgan fingerprint density at radius 1 is 1.26 bits per heavy atom. The summed E-state index contributed by atoms with van der Waals surface area (Å²) < 4.78 is 17.0. The van der Waals surface area contributed by atoms with E-state index in [1.807, 2.05) is 38.5 Å². The number of benzene rings is 1. The molecule has 27 heavy (non-hydrogen) atoms. The van der Waals surface area contributed by atoms with E-state index in [9.17, 15) is 9.18 Å². The molecule has 0 bridgehead atoms. The van der Waals surface area contributed by atoms with Gasteiger partial charge in [-0.2, -0.15) is 5.10 Å². The number of amides is 1. The molecule has 1 amide bonds. The van der Waals surface area contributed by atoms with Gasteiger partial charge < -0.3 is 15.2 Å². The Bertz CT molecular complexity index is 1010. The average molecular weight is 368 g/mol. The Morgan fingerprint density at radius 3 is 2.59 bits per heavy atom. The normalized spacial score (nSPS) is 15.4. The monoisotopic (exact) mass is 368 g/mol. The molecule has 0 atom stereocenters. The fraction of sp³-hybridized carbons (Fsp3) is 0.316. The molecule has 3 heterocycles. The van der Waals surface area contributed by atoms with Gasteiger partial charge in [0.1, 0.15) is 29.7 Å². The van der Waals surface area contributed by atoms with Crippen LogP contribution in [0.5, 0.6) is 0 Å². The van der Waals surface area contributed by atoms with Crippen LogP contribution in [0, 0.1) is 12.7 Å². The Balaban J connectivity index is 1.89. The minimum absolute atomic E-state index is 0.0872. The molecule has 3 aromatic rings. The molecular weight excluding hydrogens is 347 g/mol. The van der Waals surface area contributed by atoms with E-state index in [1.54, 1.807) is 16.8 Å². The van der Waals surface area contributed by atoms with Gasteiger partial charge in [0.15, 0.2) is 5.82 Å². The van der Waals surface area contributed by atoms with Gasteiger partial charge in [-0.25, -0.2) is 9.37 Å². The van der Waals surface area contributed by atoms with Gasteiger partial charge in [-0.15, -0.1) is 0 Å². The maximum absolute atomic E-state index is 13.4. The predicted octanol–water partition coefficient (Wildman–Crippen LogP) is 2.84. The SMILES string of the molecule is Cc1cc(Nc2c(-c3ccc(F)cc3)nc3n2CC(=O)NC3(C)C)nn1C. The Labute approximate surface area is 156 Å². The van der Waals surface area contributed by atoms with E-state index in [1.165, 1.54) is 12.1 Å². The first-order valence-corrected chi connectivity index (χ1v) is 8.70. The van der Waals surface area contributed by atoms with E-state index in [2.05, 4.69) is 15.7 Å². The quantitative estimate of drug-likeness (QED) is 0.745. The van der Waals surface area contributed by atoms with Crippen molar-refractivity contribution in [1.82, 2.24) is 24.6 Å². The number of anilines is 2. The molecule has 140 valence electrons. The van der Waals surface area contributed by atoms with Crippen LogP contribution < -0.4 is 10.6 Å². The van der Waals surface area contributed by atoms with Crippen molar-refractivity contribution in [1.29, 1.82) is 0 Å². The summed E-state index contributed by atoms with van der Waals surface area (Å²) in [6, 6.07) is 8.08. The smallest absolute Gasteiger partial charge is 0.240 e. The maximum Gasteiger partial charge on any atom is 0.240 e. The summed E-state index contributed by atoms with van der Waals surface area (Å²) in [4.78, 5) is 17.0. The third-order valence-corrected chi connectivity index (χ3v) is 4.76. The molecule has 0 radical (unpaired) electrons. The van der Waals surface area contributed by atoms with Crippen molar-refractivity contribution in [2.45, 2.75) is 32.9 Å². The van der Waals surface area contributed by atoms with Crippen molar-refractivity contribution in [3.63, 3.8) is 0 Å². The third-order valence-electron chi connectivity index (χ3n) is 4.76. The number of carbonyl (C=O) groups is 1. The number of fused-ring (bicyclic) bond motifs is 1. The lowest BCUT2D eigenvalue weighted by molar-refractivity contribution is -0.124. The number of carbonyl (C=O) groups excluding carboxylic acids is 1. The van der Waals surface area contributed by atoms with Crippen LogP contribution in [-0.2, 0) is 23.9 Å². The van der Waals surface area contributed by atoms with E-state index in [0.717, 1.165) is 17.1 Å². The Kier molecular flexibility index (Phi) is 3.80. The molecule has 1 aromatic carbocycles. The topological polar surface area (TPSA) is 76.8 Å². The molecule has 0 aliphatic carbocycles. The number of hydrogen-bond donors (Lipinski definition) is 2. The van der Waals surface area contributed by atoms with Crippen molar-refractivity contribution >= 4 is 17.5 Å². The lowest BCUT2D eigenvalue weighted by Crippen LogP contribution is -2.49. The van der Waals surface area contributed by atoms with Crippen molar-refractivity contribution in [3.05, 3.63) is 47.7 Å². The summed E-state index contributed by atoms with van der Waals surface area (Å²) in [5.74, 6) is 1.66. The molecular formula is C19H21FN6O. The largest absolute Gasteiger partial charge is 0.342 e. The van der Waals surface area contributed by atoms with Gasteiger partial charge in [-0.1, -0.05) is 0 Å². The molecule has 1 aliphatic heterocycles. The van der Waals surface area contributed by atoms with Crippen LogP contribution in [0.3, 0.4) is 0 Å². The fourth-order valence-corrected chi connectivity index (χ4v) is 3.35. The summed E-state index contributed by atoms with van der Waals surface area (Å²) in [5, 5.41) is 10.7. The lowest BCUT2D eigenvalue weighted by Gasteiger charge is -2.31. The summed E-state index contributed by atoms with van der Waals surface area (Å²) in [6.45, 7) is 5.93. The number of imidazole rings is 1. The molecule has 1 aliphatic rings. The highest BCUT2D eigenvalue weighted by Gasteiger charge is 2.36. The lowest BCUT2D eigenvalue weighted by atomic mass is 10.0. The molecule has 0 fully saturated rings. The molecule has 0 saturated heterocycles. The number of aryl methyl sites for hydroxylation is 2. The highest BCUT2D eigenvalue weighted by atomic mass is 19.1. The second-order valence-corrected chi connectivity index (χ2v) is 7.32. The predicted molar refractivity (Wildman–Crippen MR) is 100 cm³/mol. The van der Waals surface area contributed by atoms with E-state index >= 15 is 0 Å². The van der Waals surface area contributed by atoms with Gasteiger partial charge in [0, 0.05) is 24.4 Å². The number of nitrogens with one attached hydrogen (secondary N) is 2.